The summed E-state index contributed by atoms with van der Waals surface area (Å²) in [7, 11) is 1.47. The van der Waals surface area contributed by atoms with Crippen LogP contribution in [0.25, 0.3) is 0 Å². The molecule has 0 saturated carbocycles. The van der Waals surface area contributed by atoms with E-state index >= 15 is 0 Å². The van der Waals surface area contributed by atoms with Gasteiger partial charge in [0.05, 0.1) is 12.8 Å². The molecule has 0 aliphatic carbocycles. The predicted octanol–water partition coefficient (Wildman–Crippen LogP) is 4.74. The molecule has 23 heavy (non-hydrogen) atoms. The summed E-state index contributed by atoms with van der Waals surface area (Å²) >= 11 is 29.8. The SMILES string of the molecule is COc1cc(OC(Cl)(Cl)C(Cl)(Cl)Cl)ccc1C1=NNC(=O)SC1. The molecule has 0 spiro atoms. The average Bonchev–Trinajstić information content (AvgIpc) is 2.46. The van der Waals surface area contributed by atoms with Crippen LogP contribution in [-0.2, 0) is 0 Å². The fourth-order valence-electron chi connectivity index (χ4n) is 1.63. The molecule has 1 aliphatic heterocycles. The first-order valence-corrected chi connectivity index (χ1v) is 8.83. The Morgan fingerprint density at radius 3 is 2.48 bits per heavy atom. The van der Waals surface area contributed by atoms with Gasteiger partial charge in [-0.2, -0.15) is 5.10 Å². The van der Waals surface area contributed by atoms with Crippen molar-refractivity contribution in [2.75, 3.05) is 12.9 Å². The number of nitrogens with zero attached hydrogens (tertiary/aromatic N) is 1. The van der Waals surface area contributed by atoms with E-state index in [9.17, 15) is 4.79 Å². The number of alkyl halides is 5. The van der Waals surface area contributed by atoms with Gasteiger partial charge in [-0.25, -0.2) is 5.43 Å². The van der Waals surface area contributed by atoms with Crippen LogP contribution in [-0.4, -0.2) is 32.1 Å². The Labute approximate surface area is 161 Å². The average molecular weight is 439 g/mol. The van der Waals surface area contributed by atoms with Gasteiger partial charge in [0.15, 0.2) is 0 Å². The van der Waals surface area contributed by atoms with E-state index in [1.165, 1.54) is 13.2 Å². The molecule has 0 radical (unpaired) electrons. The molecule has 1 aromatic rings. The van der Waals surface area contributed by atoms with Gasteiger partial charge < -0.3 is 9.47 Å². The maximum absolute atomic E-state index is 11.1. The number of carbonyl (C=O) groups excluding carboxylic acids is 1. The van der Waals surface area contributed by atoms with E-state index in [-0.39, 0.29) is 11.0 Å². The minimum atomic E-state index is -2.09. The maximum Gasteiger partial charge on any atom is 0.305 e. The summed E-state index contributed by atoms with van der Waals surface area (Å²) in [5, 5.41) is 3.77. The highest BCUT2D eigenvalue weighted by atomic mass is 35.6. The number of thioether (sulfide) groups is 1. The number of hydrazone groups is 1. The Hall–Kier alpha value is -0.240. The Kier molecular flexibility index (Phi) is 6.09. The maximum atomic E-state index is 11.1. The lowest BCUT2D eigenvalue weighted by molar-refractivity contribution is 0.245. The van der Waals surface area contributed by atoms with Crippen LogP contribution in [0.5, 0.6) is 11.5 Å². The molecule has 126 valence electrons. The molecule has 0 atom stereocenters. The third-order valence-corrected chi connectivity index (χ3v) is 5.55. The van der Waals surface area contributed by atoms with Crippen LogP contribution in [0.15, 0.2) is 23.3 Å². The topological polar surface area (TPSA) is 59.9 Å². The number of hydrogen-bond acceptors (Lipinski definition) is 5. The van der Waals surface area contributed by atoms with E-state index in [2.05, 4.69) is 10.5 Å². The third kappa shape index (κ3) is 4.65. The fraction of sp³-hybridized carbons (Fsp3) is 0.333. The highest BCUT2D eigenvalue weighted by molar-refractivity contribution is 8.14. The first-order valence-electron chi connectivity index (χ1n) is 5.95. The van der Waals surface area contributed by atoms with Gasteiger partial charge in [0, 0.05) is 17.4 Å². The summed E-state index contributed by atoms with van der Waals surface area (Å²) in [6.45, 7) is 0. The van der Waals surface area contributed by atoms with E-state index in [1.807, 2.05) is 0 Å². The van der Waals surface area contributed by atoms with Crippen molar-refractivity contribution in [3.05, 3.63) is 23.8 Å². The molecule has 1 aliphatic rings. The molecule has 1 amide bonds. The first-order chi connectivity index (χ1) is 10.6. The quantitative estimate of drug-likeness (QED) is 0.690. The van der Waals surface area contributed by atoms with E-state index in [4.69, 9.17) is 67.5 Å². The fourth-order valence-corrected chi connectivity index (χ4v) is 2.52. The predicted molar refractivity (Wildman–Crippen MR) is 95.9 cm³/mol. The Bertz CT molecular complexity index is 648. The van der Waals surface area contributed by atoms with Gasteiger partial charge in [0.2, 0.25) is 0 Å². The number of hydrogen-bond donors (Lipinski definition) is 1. The van der Waals surface area contributed by atoms with Crippen molar-refractivity contribution in [2.24, 2.45) is 5.10 Å². The van der Waals surface area contributed by atoms with Crippen LogP contribution in [0.4, 0.5) is 4.79 Å². The lowest BCUT2D eigenvalue weighted by atomic mass is 10.1. The number of ether oxygens (including phenoxy) is 2. The molecule has 0 saturated heterocycles. The molecule has 0 unspecified atom stereocenters. The summed E-state index contributed by atoms with van der Waals surface area (Å²) in [5.41, 5.74) is 3.70. The molecular formula is C12H9Cl5N2O3S. The van der Waals surface area contributed by atoms with Crippen LogP contribution in [0.2, 0.25) is 0 Å². The molecular weight excluding hydrogens is 429 g/mol. The van der Waals surface area contributed by atoms with Crippen molar-refractivity contribution in [2.45, 2.75) is 8.31 Å². The summed E-state index contributed by atoms with van der Waals surface area (Å²) in [6, 6.07) is 4.76. The number of benzene rings is 1. The summed E-state index contributed by atoms with van der Waals surface area (Å²) in [5.74, 6) is 1.08. The van der Waals surface area contributed by atoms with Crippen molar-refractivity contribution in [3.8, 4) is 11.5 Å². The van der Waals surface area contributed by atoms with Crippen LogP contribution in [0.1, 0.15) is 5.56 Å². The molecule has 11 heteroatoms. The second kappa shape index (κ2) is 7.33. The van der Waals surface area contributed by atoms with Crippen molar-refractivity contribution in [1.29, 1.82) is 0 Å². The van der Waals surface area contributed by atoms with Crippen molar-refractivity contribution in [1.82, 2.24) is 5.43 Å². The minimum absolute atomic E-state index is 0.218. The Balaban J connectivity index is 2.28. The standard InChI is InChI=1S/C12H9Cl5N2O3S/c1-21-9-4-6(22-12(16,17)11(13,14)15)2-3-7(9)8-5-23-10(20)19-18-8/h2-4H,5H2,1H3,(H,19,20). The lowest BCUT2D eigenvalue weighted by Gasteiger charge is -2.28. The van der Waals surface area contributed by atoms with Gasteiger partial charge in [-0.15, -0.1) is 0 Å². The summed E-state index contributed by atoms with van der Waals surface area (Å²) < 4.78 is 6.46. The molecule has 2 rings (SSSR count). The third-order valence-electron chi connectivity index (χ3n) is 2.68. The molecule has 1 N–H and O–H groups in total. The number of rotatable bonds is 4. The van der Waals surface area contributed by atoms with Gasteiger partial charge in [-0.05, 0) is 12.1 Å². The van der Waals surface area contributed by atoms with Gasteiger partial charge in [0.25, 0.3) is 9.03 Å². The second-order valence-electron chi connectivity index (χ2n) is 4.23. The zero-order valence-corrected chi connectivity index (χ0v) is 16.0. The number of amides is 1. The molecule has 0 aromatic heterocycles. The van der Waals surface area contributed by atoms with Crippen molar-refractivity contribution >= 4 is 80.7 Å². The number of carbonyl (C=O) groups is 1. The number of nitrogens with one attached hydrogen (secondary N) is 1. The zero-order valence-electron chi connectivity index (χ0n) is 11.4. The highest BCUT2D eigenvalue weighted by Gasteiger charge is 2.48. The summed E-state index contributed by atoms with van der Waals surface area (Å²) in [6.07, 6.45) is 0. The molecule has 1 heterocycles. The van der Waals surface area contributed by atoms with Gasteiger partial charge in [0.1, 0.15) is 11.5 Å². The molecule has 0 fully saturated rings. The summed E-state index contributed by atoms with van der Waals surface area (Å²) in [4.78, 5) is 11.1. The largest absolute Gasteiger partial charge is 0.496 e. The highest BCUT2D eigenvalue weighted by Crippen LogP contribution is 2.47. The first kappa shape index (κ1) is 19.1. The van der Waals surface area contributed by atoms with Crippen molar-refractivity contribution < 1.29 is 14.3 Å². The zero-order chi connectivity index (χ0) is 17.3. The minimum Gasteiger partial charge on any atom is -0.496 e. The van der Waals surface area contributed by atoms with Crippen LogP contribution < -0.4 is 14.9 Å². The van der Waals surface area contributed by atoms with Gasteiger partial charge >= 0.3 is 4.52 Å². The number of halogens is 5. The Morgan fingerprint density at radius 1 is 1.26 bits per heavy atom. The Morgan fingerprint density at radius 2 is 1.96 bits per heavy atom. The van der Waals surface area contributed by atoms with Crippen LogP contribution >= 0.6 is 69.8 Å². The van der Waals surface area contributed by atoms with Gasteiger partial charge in [-0.3, -0.25) is 4.79 Å². The molecule has 1 aromatic carbocycles. The smallest absolute Gasteiger partial charge is 0.305 e. The molecule has 0 bridgehead atoms. The van der Waals surface area contributed by atoms with Crippen LogP contribution in [0.3, 0.4) is 0 Å². The van der Waals surface area contributed by atoms with E-state index in [0.29, 0.717) is 22.8 Å². The number of methoxy groups -OCH3 is 1. The monoisotopic (exact) mass is 436 g/mol. The lowest BCUT2D eigenvalue weighted by Crippen LogP contribution is -2.37. The van der Waals surface area contributed by atoms with Crippen LogP contribution in [0, 0.1) is 0 Å². The van der Waals surface area contributed by atoms with E-state index in [1.54, 1.807) is 12.1 Å². The second-order valence-corrected chi connectivity index (χ2v) is 8.71. The van der Waals surface area contributed by atoms with Gasteiger partial charge in [-0.1, -0.05) is 69.8 Å². The van der Waals surface area contributed by atoms with E-state index in [0.717, 1.165) is 11.8 Å². The normalized spacial score (nSPS) is 15.7. The molecule has 5 nitrogen and oxygen atoms in total. The van der Waals surface area contributed by atoms with E-state index < -0.39 is 8.31 Å². The van der Waals surface area contributed by atoms with Crippen molar-refractivity contribution in [3.63, 3.8) is 0 Å².